The topological polar surface area (TPSA) is 16.4 Å². The second-order valence-corrected chi connectivity index (χ2v) is 12.9. The average molecular weight is 638 g/mol. The molecule has 0 aliphatic heterocycles. The number of benzene rings is 9. The maximum absolute atomic E-state index is 6.63. The van der Waals surface area contributed by atoms with E-state index in [0.29, 0.717) is 0 Å². The lowest BCUT2D eigenvalue weighted by molar-refractivity contribution is 0.672. The maximum atomic E-state index is 6.63. The summed E-state index contributed by atoms with van der Waals surface area (Å²) in [4.78, 5) is 2.38. The van der Waals surface area contributed by atoms with Gasteiger partial charge >= 0.3 is 0 Å². The normalized spacial score (nSPS) is 11.6. The molecule has 50 heavy (non-hydrogen) atoms. The smallest absolute Gasteiger partial charge is 0.145 e. The highest BCUT2D eigenvalue weighted by Crippen LogP contribution is 2.46. The van der Waals surface area contributed by atoms with Crippen LogP contribution in [0.4, 0.5) is 17.1 Å². The van der Waals surface area contributed by atoms with E-state index in [4.69, 9.17) is 4.42 Å². The summed E-state index contributed by atoms with van der Waals surface area (Å²) < 4.78 is 6.63. The van der Waals surface area contributed by atoms with E-state index < -0.39 is 0 Å². The Bertz CT molecular complexity index is 2850. The molecule has 0 aliphatic carbocycles. The second-order valence-electron chi connectivity index (χ2n) is 12.9. The van der Waals surface area contributed by atoms with E-state index in [0.717, 1.165) is 49.8 Å². The molecule has 9 aromatic carbocycles. The van der Waals surface area contributed by atoms with Crippen LogP contribution in [0.3, 0.4) is 0 Å². The zero-order chi connectivity index (χ0) is 33.0. The van der Waals surface area contributed by atoms with Crippen LogP contribution in [0.25, 0.3) is 76.5 Å². The van der Waals surface area contributed by atoms with Crippen molar-refractivity contribution in [1.29, 1.82) is 0 Å². The fourth-order valence-electron chi connectivity index (χ4n) is 7.66. The summed E-state index contributed by atoms with van der Waals surface area (Å²) in [5, 5.41) is 9.52. The largest absolute Gasteiger partial charge is 0.455 e. The van der Waals surface area contributed by atoms with Crippen LogP contribution in [-0.2, 0) is 0 Å². The van der Waals surface area contributed by atoms with Gasteiger partial charge in [-0.25, -0.2) is 0 Å². The Labute approximate surface area is 290 Å². The first-order valence-corrected chi connectivity index (χ1v) is 17.1. The van der Waals surface area contributed by atoms with Crippen molar-refractivity contribution < 1.29 is 4.42 Å². The molecule has 0 atom stereocenters. The van der Waals surface area contributed by atoms with Crippen molar-refractivity contribution in [1.82, 2.24) is 0 Å². The van der Waals surface area contributed by atoms with Crippen molar-refractivity contribution in [2.24, 2.45) is 0 Å². The summed E-state index contributed by atoms with van der Waals surface area (Å²) in [6.07, 6.45) is 0. The highest BCUT2D eigenvalue weighted by molar-refractivity contribution is 6.22. The summed E-state index contributed by atoms with van der Waals surface area (Å²) in [6.45, 7) is 0. The Morgan fingerprint density at radius 2 is 0.880 bits per heavy atom. The highest BCUT2D eigenvalue weighted by Gasteiger charge is 2.22. The van der Waals surface area contributed by atoms with Gasteiger partial charge in [0.05, 0.1) is 11.1 Å². The predicted molar refractivity (Wildman–Crippen MR) is 212 cm³/mol. The van der Waals surface area contributed by atoms with E-state index in [1.54, 1.807) is 0 Å². The van der Waals surface area contributed by atoms with E-state index in [9.17, 15) is 0 Å². The molecule has 0 spiro atoms. The van der Waals surface area contributed by atoms with Crippen LogP contribution in [0.1, 0.15) is 0 Å². The van der Waals surface area contributed by atoms with Crippen LogP contribution in [-0.4, -0.2) is 0 Å². The SMILES string of the molecule is c1ccc(-c2ccc(N(c3ccc(-c4cc5ccccc5c5ccccc45)cc3)c3cc4ccccc4c4oc5ccccc5c34)cc2)cc1. The molecule has 0 unspecified atom stereocenters. The van der Waals surface area contributed by atoms with Crippen LogP contribution >= 0.6 is 0 Å². The third-order valence-corrected chi connectivity index (χ3v) is 10.0. The summed E-state index contributed by atoms with van der Waals surface area (Å²) in [7, 11) is 0. The average Bonchev–Trinajstić information content (AvgIpc) is 3.59. The van der Waals surface area contributed by atoms with Gasteiger partial charge in [-0.05, 0) is 91.6 Å². The molecule has 10 rings (SSSR count). The molecule has 0 N–H and O–H groups in total. The zero-order valence-corrected chi connectivity index (χ0v) is 27.3. The van der Waals surface area contributed by atoms with Crippen LogP contribution in [0.2, 0.25) is 0 Å². The van der Waals surface area contributed by atoms with Gasteiger partial charge in [0.1, 0.15) is 11.2 Å². The van der Waals surface area contributed by atoms with E-state index in [1.165, 1.54) is 43.8 Å². The molecule has 1 heterocycles. The molecule has 10 aromatic rings. The number of anilines is 3. The highest BCUT2D eigenvalue weighted by atomic mass is 16.3. The predicted octanol–water partition coefficient (Wildman–Crippen LogP) is 13.8. The van der Waals surface area contributed by atoms with E-state index in [-0.39, 0.29) is 0 Å². The molecule has 0 bridgehead atoms. The van der Waals surface area contributed by atoms with E-state index in [1.807, 2.05) is 6.07 Å². The number of furan rings is 1. The third kappa shape index (κ3) is 4.57. The minimum atomic E-state index is 0.887. The minimum Gasteiger partial charge on any atom is -0.455 e. The van der Waals surface area contributed by atoms with Gasteiger partial charge in [-0.3, -0.25) is 0 Å². The molecule has 0 radical (unpaired) electrons. The lowest BCUT2D eigenvalue weighted by Crippen LogP contribution is -2.10. The lowest BCUT2D eigenvalue weighted by atomic mass is 9.93. The van der Waals surface area contributed by atoms with Crippen LogP contribution in [0, 0.1) is 0 Å². The van der Waals surface area contributed by atoms with E-state index in [2.05, 4.69) is 187 Å². The Morgan fingerprint density at radius 3 is 1.60 bits per heavy atom. The molecule has 0 amide bonds. The van der Waals surface area contributed by atoms with Crippen LogP contribution < -0.4 is 4.90 Å². The molecule has 0 saturated heterocycles. The van der Waals surface area contributed by atoms with Crippen molar-refractivity contribution in [2.75, 3.05) is 4.90 Å². The van der Waals surface area contributed by atoms with Crippen molar-refractivity contribution in [3.05, 3.63) is 188 Å². The summed E-state index contributed by atoms with van der Waals surface area (Å²) in [6, 6.07) is 67.5. The van der Waals surface area contributed by atoms with Crippen LogP contribution in [0.5, 0.6) is 0 Å². The van der Waals surface area contributed by atoms with E-state index >= 15 is 0 Å². The summed E-state index contributed by atoms with van der Waals surface area (Å²) in [5.41, 5.74) is 9.84. The van der Waals surface area contributed by atoms with Crippen molar-refractivity contribution in [3.8, 4) is 22.3 Å². The Hall–Kier alpha value is -6.64. The van der Waals surface area contributed by atoms with Gasteiger partial charge in [0, 0.05) is 22.1 Å². The molecular formula is C48H31NO. The van der Waals surface area contributed by atoms with Gasteiger partial charge in [0.2, 0.25) is 0 Å². The monoisotopic (exact) mass is 637 g/mol. The summed E-state index contributed by atoms with van der Waals surface area (Å²) in [5.74, 6) is 0. The van der Waals surface area contributed by atoms with Gasteiger partial charge in [-0.2, -0.15) is 0 Å². The van der Waals surface area contributed by atoms with Crippen molar-refractivity contribution >= 4 is 71.3 Å². The Kier molecular flexibility index (Phi) is 6.53. The molecule has 2 nitrogen and oxygen atoms in total. The molecule has 0 saturated carbocycles. The zero-order valence-electron chi connectivity index (χ0n) is 27.3. The standard InChI is InChI=1S/C48H31NO/c1-2-12-32(13-3-1)33-22-26-37(27-23-33)49(45-31-36-15-5-7-17-40(36)48-47(45)43-20-10-11-21-46(43)50-48)38-28-24-34(25-29-38)44-30-35-14-4-6-16-39(35)41-18-8-9-19-42(41)44/h1-31H. The summed E-state index contributed by atoms with van der Waals surface area (Å²) >= 11 is 0. The quantitative estimate of drug-likeness (QED) is 0.175. The number of para-hydroxylation sites is 1. The molecular weight excluding hydrogens is 607 g/mol. The number of hydrogen-bond donors (Lipinski definition) is 0. The maximum Gasteiger partial charge on any atom is 0.145 e. The van der Waals surface area contributed by atoms with Crippen molar-refractivity contribution in [2.45, 2.75) is 0 Å². The number of fused-ring (bicyclic) bond motifs is 8. The van der Waals surface area contributed by atoms with Gasteiger partial charge in [-0.15, -0.1) is 0 Å². The fourth-order valence-corrected chi connectivity index (χ4v) is 7.66. The number of hydrogen-bond acceptors (Lipinski definition) is 2. The molecule has 0 aliphatic rings. The first-order chi connectivity index (χ1) is 24.8. The molecule has 0 fully saturated rings. The Morgan fingerprint density at radius 1 is 0.360 bits per heavy atom. The van der Waals surface area contributed by atoms with Gasteiger partial charge in [-0.1, -0.05) is 146 Å². The van der Waals surface area contributed by atoms with Gasteiger partial charge in [0.25, 0.3) is 0 Å². The van der Waals surface area contributed by atoms with Gasteiger partial charge in [0.15, 0.2) is 0 Å². The number of nitrogens with zero attached hydrogens (tertiary/aromatic N) is 1. The number of rotatable bonds is 5. The third-order valence-electron chi connectivity index (χ3n) is 10.0. The fraction of sp³-hybridized carbons (Fsp3) is 0. The lowest BCUT2D eigenvalue weighted by Gasteiger charge is -2.27. The molecule has 2 heteroatoms. The van der Waals surface area contributed by atoms with Crippen molar-refractivity contribution in [3.63, 3.8) is 0 Å². The molecule has 234 valence electrons. The van der Waals surface area contributed by atoms with Crippen LogP contribution in [0.15, 0.2) is 192 Å². The Balaban J connectivity index is 1.19. The first kappa shape index (κ1) is 28.4. The first-order valence-electron chi connectivity index (χ1n) is 17.1. The second kappa shape index (κ2) is 11.5. The minimum absolute atomic E-state index is 0.887. The molecule has 1 aromatic heterocycles. The van der Waals surface area contributed by atoms with Gasteiger partial charge < -0.3 is 9.32 Å².